The highest BCUT2D eigenvalue weighted by Crippen LogP contribution is 2.17. The topological polar surface area (TPSA) is 81.4 Å². The molecule has 21 heavy (non-hydrogen) atoms. The SMILES string of the molecule is COc1ccc(CNS(=O)(=O)c2cc(C)cc(N)c2)cc1. The quantitative estimate of drug-likeness (QED) is 0.829. The Balaban J connectivity index is 2.13. The number of nitrogen functional groups attached to an aromatic ring is 1. The lowest BCUT2D eigenvalue weighted by molar-refractivity contribution is 0.414. The fourth-order valence-corrected chi connectivity index (χ4v) is 3.09. The standard InChI is InChI=1S/C15H18N2O3S/c1-11-7-13(16)9-15(8-11)21(18,19)17-10-12-3-5-14(20-2)6-4-12/h3-9,17H,10,16H2,1-2H3. The molecule has 0 aromatic heterocycles. The molecule has 112 valence electrons. The van der Waals surface area contributed by atoms with E-state index in [-0.39, 0.29) is 11.4 Å². The lowest BCUT2D eigenvalue weighted by Gasteiger charge is -2.09. The normalized spacial score (nSPS) is 11.3. The van der Waals surface area contributed by atoms with E-state index in [1.807, 2.05) is 12.1 Å². The predicted molar refractivity (Wildman–Crippen MR) is 82.6 cm³/mol. The maximum absolute atomic E-state index is 12.2. The molecular weight excluding hydrogens is 288 g/mol. The predicted octanol–water partition coefficient (Wildman–Crippen LogP) is 2.06. The third kappa shape index (κ3) is 3.96. The molecule has 6 heteroatoms. The molecule has 0 atom stereocenters. The molecule has 2 aromatic carbocycles. The third-order valence-electron chi connectivity index (χ3n) is 3.01. The van der Waals surface area contributed by atoms with Crippen LogP contribution in [0, 0.1) is 6.92 Å². The largest absolute Gasteiger partial charge is 0.497 e. The Labute approximate surface area is 124 Å². The molecule has 0 unspecified atom stereocenters. The van der Waals surface area contributed by atoms with Crippen LogP contribution in [0.5, 0.6) is 5.75 Å². The zero-order valence-corrected chi connectivity index (χ0v) is 12.8. The number of benzene rings is 2. The van der Waals surface area contributed by atoms with Crippen molar-refractivity contribution in [1.29, 1.82) is 0 Å². The second-order valence-electron chi connectivity index (χ2n) is 4.75. The molecule has 0 aliphatic carbocycles. The zero-order valence-electron chi connectivity index (χ0n) is 12.0. The maximum Gasteiger partial charge on any atom is 0.240 e. The van der Waals surface area contributed by atoms with Gasteiger partial charge in [0.05, 0.1) is 12.0 Å². The van der Waals surface area contributed by atoms with Gasteiger partial charge in [0, 0.05) is 12.2 Å². The van der Waals surface area contributed by atoms with Crippen LogP contribution in [-0.4, -0.2) is 15.5 Å². The van der Waals surface area contributed by atoms with Crippen molar-refractivity contribution >= 4 is 15.7 Å². The second-order valence-corrected chi connectivity index (χ2v) is 6.52. The Hall–Kier alpha value is -2.05. The number of hydrogen-bond donors (Lipinski definition) is 2. The van der Waals surface area contributed by atoms with Crippen LogP contribution in [0.3, 0.4) is 0 Å². The summed E-state index contributed by atoms with van der Waals surface area (Å²) in [4.78, 5) is 0.175. The number of nitrogens with one attached hydrogen (secondary N) is 1. The molecule has 5 nitrogen and oxygen atoms in total. The lowest BCUT2D eigenvalue weighted by atomic mass is 10.2. The molecule has 0 spiro atoms. The van der Waals surface area contributed by atoms with E-state index in [0.717, 1.165) is 16.9 Å². The number of hydrogen-bond acceptors (Lipinski definition) is 4. The molecule has 0 aliphatic rings. The number of rotatable bonds is 5. The fourth-order valence-electron chi connectivity index (χ4n) is 1.94. The van der Waals surface area contributed by atoms with Crippen LogP contribution in [0.2, 0.25) is 0 Å². The van der Waals surface area contributed by atoms with Crippen LogP contribution >= 0.6 is 0 Å². The van der Waals surface area contributed by atoms with E-state index in [9.17, 15) is 8.42 Å². The molecule has 0 radical (unpaired) electrons. The minimum atomic E-state index is -3.58. The molecule has 0 amide bonds. The minimum Gasteiger partial charge on any atom is -0.497 e. The Bertz CT molecular complexity index is 705. The summed E-state index contributed by atoms with van der Waals surface area (Å²) in [7, 11) is -2.00. The first-order chi connectivity index (χ1) is 9.90. The molecule has 0 fully saturated rings. The van der Waals surface area contributed by atoms with Gasteiger partial charge in [-0.25, -0.2) is 13.1 Å². The van der Waals surface area contributed by atoms with E-state index in [0.29, 0.717) is 5.69 Å². The first kappa shape index (κ1) is 15.3. The summed E-state index contributed by atoms with van der Waals surface area (Å²) < 4.78 is 32.1. The fraction of sp³-hybridized carbons (Fsp3) is 0.200. The van der Waals surface area contributed by atoms with Crippen molar-refractivity contribution in [3.8, 4) is 5.75 Å². The average Bonchev–Trinajstić information content (AvgIpc) is 2.45. The maximum atomic E-state index is 12.2. The lowest BCUT2D eigenvalue weighted by Crippen LogP contribution is -2.23. The summed E-state index contributed by atoms with van der Waals surface area (Å²) in [5.74, 6) is 0.730. The van der Waals surface area contributed by atoms with Gasteiger partial charge in [0.25, 0.3) is 0 Å². The molecule has 3 N–H and O–H groups in total. The molecular formula is C15H18N2O3S. The molecule has 2 aromatic rings. The average molecular weight is 306 g/mol. The van der Waals surface area contributed by atoms with Crippen LogP contribution in [0.25, 0.3) is 0 Å². The van der Waals surface area contributed by atoms with Gasteiger partial charge in [-0.15, -0.1) is 0 Å². The number of aryl methyl sites for hydroxylation is 1. The first-order valence-corrected chi connectivity index (χ1v) is 7.89. The van der Waals surface area contributed by atoms with E-state index in [2.05, 4.69) is 4.72 Å². The van der Waals surface area contributed by atoms with E-state index in [1.54, 1.807) is 38.3 Å². The van der Waals surface area contributed by atoms with Crippen molar-refractivity contribution in [2.24, 2.45) is 0 Å². The highest BCUT2D eigenvalue weighted by molar-refractivity contribution is 7.89. The smallest absolute Gasteiger partial charge is 0.240 e. The molecule has 0 saturated carbocycles. The summed E-state index contributed by atoms with van der Waals surface area (Å²) >= 11 is 0. The number of nitrogens with two attached hydrogens (primary N) is 1. The third-order valence-corrected chi connectivity index (χ3v) is 4.39. The van der Waals surface area contributed by atoms with E-state index in [4.69, 9.17) is 10.5 Å². The summed E-state index contributed by atoms with van der Waals surface area (Å²) in [6.45, 7) is 2.01. The monoisotopic (exact) mass is 306 g/mol. The van der Waals surface area contributed by atoms with Crippen molar-refractivity contribution in [2.75, 3.05) is 12.8 Å². The Morgan fingerprint density at radius 1 is 1.14 bits per heavy atom. The Morgan fingerprint density at radius 2 is 1.81 bits per heavy atom. The van der Waals surface area contributed by atoms with Crippen molar-refractivity contribution in [3.63, 3.8) is 0 Å². The van der Waals surface area contributed by atoms with Crippen LogP contribution in [0.1, 0.15) is 11.1 Å². The Kier molecular flexibility index (Phi) is 4.50. The van der Waals surface area contributed by atoms with Crippen molar-refractivity contribution in [1.82, 2.24) is 4.72 Å². The summed E-state index contributed by atoms with van der Waals surface area (Å²) in [5.41, 5.74) is 7.77. The molecule has 2 rings (SSSR count). The van der Waals surface area contributed by atoms with Gasteiger partial charge in [-0.2, -0.15) is 0 Å². The highest BCUT2D eigenvalue weighted by atomic mass is 32.2. The Morgan fingerprint density at radius 3 is 2.38 bits per heavy atom. The van der Waals surface area contributed by atoms with Crippen molar-refractivity contribution in [2.45, 2.75) is 18.4 Å². The molecule has 0 bridgehead atoms. The van der Waals surface area contributed by atoms with Crippen molar-refractivity contribution in [3.05, 3.63) is 53.6 Å². The summed E-state index contributed by atoms with van der Waals surface area (Å²) in [6, 6.07) is 12.0. The van der Waals surface area contributed by atoms with Crippen LogP contribution in [0.15, 0.2) is 47.4 Å². The second kappa shape index (κ2) is 6.15. The van der Waals surface area contributed by atoms with Crippen molar-refractivity contribution < 1.29 is 13.2 Å². The first-order valence-electron chi connectivity index (χ1n) is 6.40. The van der Waals surface area contributed by atoms with Gasteiger partial charge < -0.3 is 10.5 Å². The van der Waals surface area contributed by atoms with Gasteiger partial charge >= 0.3 is 0 Å². The van der Waals surface area contributed by atoms with E-state index in [1.165, 1.54) is 6.07 Å². The van der Waals surface area contributed by atoms with Gasteiger partial charge in [-0.05, 0) is 48.4 Å². The minimum absolute atomic E-state index is 0.175. The van der Waals surface area contributed by atoms with Gasteiger partial charge in [0.1, 0.15) is 5.75 Å². The van der Waals surface area contributed by atoms with Crippen LogP contribution in [0.4, 0.5) is 5.69 Å². The molecule has 0 saturated heterocycles. The number of ether oxygens (including phenoxy) is 1. The molecule has 0 heterocycles. The number of anilines is 1. The van der Waals surface area contributed by atoms with Gasteiger partial charge in [-0.1, -0.05) is 12.1 Å². The number of methoxy groups -OCH3 is 1. The van der Waals surface area contributed by atoms with Crippen LogP contribution < -0.4 is 15.2 Å². The number of sulfonamides is 1. The van der Waals surface area contributed by atoms with E-state index < -0.39 is 10.0 Å². The van der Waals surface area contributed by atoms with Gasteiger partial charge in [-0.3, -0.25) is 0 Å². The van der Waals surface area contributed by atoms with Gasteiger partial charge in [0.15, 0.2) is 0 Å². The van der Waals surface area contributed by atoms with Crippen LogP contribution in [-0.2, 0) is 16.6 Å². The molecule has 0 aliphatic heterocycles. The van der Waals surface area contributed by atoms with E-state index >= 15 is 0 Å². The zero-order chi connectivity index (χ0) is 15.5. The summed E-state index contributed by atoms with van der Waals surface area (Å²) in [6.07, 6.45) is 0. The summed E-state index contributed by atoms with van der Waals surface area (Å²) in [5, 5.41) is 0. The van der Waals surface area contributed by atoms with Gasteiger partial charge in [0.2, 0.25) is 10.0 Å². The highest BCUT2D eigenvalue weighted by Gasteiger charge is 2.14.